The van der Waals surface area contributed by atoms with Crippen LogP contribution in [0.1, 0.15) is 61.0 Å². The molecule has 0 saturated carbocycles. The van der Waals surface area contributed by atoms with E-state index in [4.69, 9.17) is 81.8 Å². The lowest BCUT2D eigenvalue weighted by Crippen LogP contribution is -2.34. The zero-order valence-corrected chi connectivity index (χ0v) is 54.5. The van der Waals surface area contributed by atoms with Gasteiger partial charge in [-0.05, 0) is 108 Å². The molecular weight excluding hydrogens is 1290 g/mol. The van der Waals surface area contributed by atoms with Crippen LogP contribution in [0.5, 0.6) is 11.5 Å². The van der Waals surface area contributed by atoms with Crippen molar-refractivity contribution in [1.82, 2.24) is 15.3 Å². The molecule has 39 heteroatoms. The fraction of sp³-hybridized carbons (Fsp3) is 0.511. The van der Waals surface area contributed by atoms with Gasteiger partial charge in [-0.3, -0.25) is 53.0 Å². The molecule has 84 heavy (non-hydrogen) atoms. The maximum absolute atomic E-state index is 12.3. The molecule has 0 saturated heterocycles. The van der Waals surface area contributed by atoms with E-state index in [2.05, 4.69) is 33.8 Å². The third kappa shape index (κ3) is 43.2. The number of nitrogens with one attached hydrogen (secondary N) is 3. The molecule has 0 aliphatic carbocycles. The summed E-state index contributed by atoms with van der Waals surface area (Å²) in [7, 11) is -6.52. The highest BCUT2D eigenvalue weighted by Gasteiger charge is 2.31. The number of benzene rings is 3. The second-order valence-electron chi connectivity index (χ2n) is 14.9. The van der Waals surface area contributed by atoms with Gasteiger partial charge >= 0.3 is 53.2 Å². The Hall–Kier alpha value is -4.42. The van der Waals surface area contributed by atoms with Gasteiger partial charge in [0.1, 0.15) is 35.7 Å². The minimum Gasteiger partial charge on any atom is -0.478 e. The predicted molar refractivity (Wildman–Crippen MR) is 313 cm³/mol. The van der Waals surface area contributed by atoms with E-state index in [1.54, 1.807) is 34.6 Å². The monoisotopic (exact) mass is 1360 g/mol. The average Bonchev–Trinajstić information content (AvgIpc) is 3.55. The first-order chi connectivity index (χ1) is 38.7. The summed E-state index contributed by atoms with van der Waals surface area (Å²) in [5.74, 6) is -1.23. The molecule has 0 aliphatic rings. The first kappa shape index (κ1) is 86.0. The van der Waals surface area contributed by atoms with E-state index < -0.39 is 88.0 Å². The van der Waals surface area contributed by atoms with Crippen molar-refractivity contribution in [3.63, 3.8) is 0 Å². The zero-order valence-electron chi connectivity index (χ0n) is 47.8. The lowest BCUT2D eigenvalue weighted by atomic mass is 10.2. The van der Waals surface area contributed by atoms with Crippen molar-refractivity contribution in [1.29, 1.82) is 0 Å². The van der Waals surface area contributed by atoms with Crippen molar-refractivity contribution < 1.29 is 108 Å². The zero-order chi connectivity index (χ0) is 64.4. The van der Waals surface area contributed by atoms with Crippen LogP contribution in [-0.4, -0.2) is 131 Å². The molecule has 0 amide bonds. The normalized spacial score (nSPS) is 13.9. The second kappa shape index (κ2) is 47.7. The smallest absolute Gasteiger partial charge is 0.408 e. The number of nitro groups is 2. The van der Waals surface area contributed by atoms with Crippen LogP contribution in [0.15, 0.2) is 78.9 Å². The van der Waals surface area contributed by atoms with E-state index in [9.17, 15) is 57.7 Å². The van der Waals surface area contributed by atoms with Gasteiger partial charge < -0.3 is 57.1 Å². The molecule has 0 fully saturated rings. The van der Waals surface area contributed by atoms with Crippen LogP contribution in [0.2, 0.25) is 0 Å². The van der Waals surface area contributed by atoms with Gasteiger partial charge in [0, 0.05) is 52.7 Å². The Labute approximate surface area is 507 Å². The minimum absolute atomic E-state index is 0. The SMILES string of the molecule is CCOC(=O)[C@H](C)N.CCOC(=O)[C@H](C)NP(=O)(O)OC.CCOC(=O)[C@H](C)NP(=O)(OC)OCOc1ccc([N+](=O)[O-])cc1.CCOC(=O)[C@H](C)NP(=O)(OC)OCc1ccccc1.COP(=O)(Cl)Cl.Cl.O=[N+]([O-])c1ccc(OCCl)cc1. The number of ether oxygens (including phenoxy) is 6. The van der Waals surface area contributed by atoms with Gasteiger partial charge in [-0.25, -0.2) is 29.0 Å². The summed E-state index contributed by atoms with van der Waals surface area (Å²) < 4.78 is 102. The first-order valence-electron chi connectivity index (χ1n) is 23.9. The molecular formula is C45H74Cl4N6O25P4. The Balaban J connectivity index is -0.000000482. The van der Waals surface area contributed by atoms with Gasteiger partial charge in [-0.1, -0.05) is 41.9 Å². The molecule has 0 spiro atoms. The maximum atomic E-state index is 12.3. The lowest BCUT2D eigenvalue weighted by Gasteiger charge is -2.20. The van der Waals surface area contributed by atoms with Crippen LogP contribution in [0.3, 0.4) is 0 Å². The van der Waals surface area contributed by atoms with Crippen LogP contribution in [0.25, 0.3) is 0 Å². The first-order valence-corrected chi connectivity index (χ1v) is 32.5. The van der Waals surface area contributed by atoms with E-state index in [1.165, 1.54) is 83.5 Å². The molecule has 0 heterocycles. The van der Waals surface area contributed by atoms with Gasteiger partial charge in [0.25, 0.3) is 11.4 Å². The fourth-order valence-corrected chi connectivity index (χ4v) is 7.65. The molecule has 0 bridgehead atoms. The Bertz CT molecular complexity index is 2550. The van der Waals surface area contributed by atoms with E-state index in [0.29, 0.717) is 12.4 Å². The van der Waals surface area contributed by atoms with Crippen LogP contribution >= 0.6 is 75.8 Å². The van der Waals surface area contributed by atoms with Crippen molar-refractivity contribution in [2.45, 2.75) is 86.2 Å². The van der Waals surface area contributed by atoms with Crippen molar-refractivity contribution in [2.24, 2.45) is 5.73 Å². The second-order valence-corrected chi connectivity index (χ2v) is 24.9. The van der Waals surface area contributed by atoms with E-state index >= 15 is 0 Å². The molecule has 0 aliphatic heterocycles. The Kier molecular flexibility index (Phi) is 48.8. The molecule has 3 aromatic rings. The summed E-state index contributed by atoms with van der Waals surface area (Å²) in [5.41, 5.74) is 5.96. The number of carbonyl (C=O) groups excluding carboxylic acids is 4. The average molecular weight is 1360 g/mol. The van der Waals surface area contributed by atoms with E-state index in [1.807, 2.05) is 30.3 Å². The number of nitrogens with two attached hydrogens (primary N) is 1. The van der Waals surface area contributed by atoms with Crippen molar-refractivity contribution in [2.75, 3.05) is 67.7 Å². The number of alkyl halides is 1. The molecule has 0 radical (unpaired) electrons. The van der Waals surface area contributed by atoms with Gasteiger partial charge in [0.15, 0.2) is 12.9 Å². The molecule has 7 atom stereocenters. The summed E-state index contributed by atoms with van der Waals surface area (Å²) in [6.07, 6.45) is -3.20. The number of carbonyl (C=O) groups is 4. The Morgan fingerprint density at radius 1 is 0.571 bits per heavy atom. The number of rotatable bonds is 29. The Morgan fingerprint density at radius 3 is 1.21 bits per heavy atom. The number of halogens is 4. The van der Waals surface area contributed by atoms with Crippen molar-refractivity contribution >= 4 is 111 Å². The highest BCUT2D eigenvalue weighted by Crippen LogP contribution is 2.56. The number of hydrogen-bond donors (Lipinski definition) is 5. The number of hydrogen-bond acceptors (Lipinski definition) is 25. The number of nitro benzene ring substituents is 2. The van der Waals surface area contributed by atoms with Crippen LogP contribution in [0, 0.1) is 20.2 Å². The summed E-state index contributed by atoms with van der Waals surface area (Å²) in [5, 5.41) is 27.8. The maximum Gasteiger partial charge on any atom is 0.408 e. The van der Waals surface area contributed by atoms with Crippen LogP contribution in [0.4, 0.5) is 11.4 Å². The summed E-state index contributed by atoms with van der Waals surface area (Å²) >= 11 is 14.9. The number of non-ortho nitro benzene ring substituents is 2. The largest absolute Gasteiger partial charge is 0.478 e. The summed E-state index contributed by atoms with van der Waals surface area (Å²) in [6, 6.07) is 17.2. The van der Waals surface area contributed by atoms with Gasteiger partial charge in [-0.15, -0.1) is 12.4 Å². The molecule has 0 aromatic heterocycles. The van der Waals surface area contributed by atoms with Gasteiger partial charge in [0.05, 0.1) is 42.9 Å². The lowest BCUT2D eigenvalue weighted by molar-refractivity contribution is -0.385. The topological polar surface area (TPSA) is 416 Å². The third-order valence-corrected chi connectivity index (χ3v) is 14.4. The summed E-state index contributed by atoms with van der Waals surface area (Å²) in [6.45, 7) is 13.5. The third-order valence-electron chi connectivity index (χ3n) is 8.59. The van der Waals surface area contributed by atoms with E-state index in [0.717, 1.165) is 19.8 Å². The minimum atomic E-state index is -3.86. The molecule has 482 valence electrons. The van der Waals surface area contributed by atoms with E-state index in [-0.39, 0.29) is 68.0 Å². The van der Waals surface area contributed by atoms with Gasteiger partial charge in [-0.2, -0.15) is 0 Å². The number of esters is 4. The van der Waals surface area contributed by atoms with Crippen molar-refractivity contribution in [3.05, 3.63) is 105 Å². The summed E-state index contributed by atoms with van der Waals surface area (Å²) in [4.78, 5) is 73.0. The highest BCUT2D eigenvalue weighted by atomic mass is 35.9. The quantitative estimate of drug-likeness (QED) is 0.00820. The number of nitrogens with zero attached hydrogens (tertiary/aromatic N) is 2. The molecule has 3 unspecified atom stereocenters. The highest BCUT2D eigenvalue weighted by molar-refractivity contribution is 8.05. The molecule has 6 N–H and O–H groups in total. The Morgan fingerprint density at radius 2 is 0.917 bits per heavy atom. The molecule has 3 rings (SSSR count). The predicted octanol–water partition coefficient (Wildman–Crippen LogP) is 9.72. The van der Waals surface area contributed by atoms with Crippen LogP contribution < -0.4 is 30.5 Å². The van der Waals surface area contributed by atoms with Crippen molar-refractivity contribution in [3.8, 4) is 11.5 Å². The van der Waals surface area contributed by atoms with Gasteiger partial charge in [0.2, 0.25) is 0 Å². The standard InChI is InChI=1S/C13H19N2O8P.C13H20NO5P.C7H6ClNO3.C6H14NO5P.C5H11NO2.CH3Cl2O2P.ClH/c1-4-21-13(16)10(2)14-24(19,20-3)23-9-22-12-7-5-11(6-8-12)15(17)18;1-4-18-13(15)11(2)14-20(16,17-3)19-10-12-8-6-5-7-9-12;8-5-12-7-3-1-6(2-4-7)9(10)11;1-4-12-6(8)5(2)7-13(9,10)11-3;1-3-8-5(7)4(2)6;1-5-6(2,3)4;/h5-8,10H,4,9H2,1-3H3,(H,14,19);5-9,11H,4,10H2,1-3H3,(H,14,16);1-4H,5H2;5H,4H2,1-3H3,(H2,7,9,10);4H,3,6H2,1-2H3;1H3;1H/t10-,24?;11-,20?;;5-;4-;;/m00.00../s1. The van der Waals surface area contributed by atoms with Crippen LogP contribution in [-0.2, 0) is 90.1 Å². The molecule has 31 nitrogen and oxygen atoms in total. The fourth-order valence-electron chi connectivity index (χ4n) is 4.58. The molecule has 3 aromatic carbocycles.